The van der Waals surface area contributed by atoms with E-state index in [0.29, 0.717) is 11.3 Å². The van der Waals surface area contributed by atoms with Gasteiger partial charge in [-0.3, -0.25) is 4.79 Å². The van der Waals surface area contributed by atoms with E-state index >= 15 is 0 Å². The Labute approximate surface area is 122 Å². The lowest BCUT2D eigenvalue weighted by molar-refractivity contribution is -0.116. The van der Waals surface area contributed by atoms with Crippen molar-refractivity contribution in [3.63, 3.8) is 0 Å². The zero-order valence-electron chi connectivity index (χ0n) is 12.4. The fourth-order valence-electron chi connectivity index (χ4n) is 2.12. The molecule has 20 heavy (non-hydrogen) atoms. The normalized spacial score (nSPS) is 11.5. The van der Waals surface area contributed by atoms with Gasteiger partial charge in [0.05, 0.1) is 10.6 Å². The van der Waals surface area contributed by atoms with E-state index in [2.05, 4.69) is 6.92 Å². The van der Waals surface area contributed by atoms with Crippen LogP contribution in [-0.2, 0) is 21.1 Å². The lowest BCUT2D eigenvalue weighted by Gasteiger charge is -2.05. The van der Waals surface area contributed by atoms with Crippen LogP contribution in [0.4, 0.5) is 0 Å². The molecule has 0 spiro atoms. The summed E-state index contributed by atoms with van der Waals surface area (Å²) < 4.78 is 24.3. The highest BCUT2D eigenvalue weighted by Crippen LogP contribution is 2.15. The Morgan fingerprint density at radius 3 is 2.15 bits per heavy atom. The van der Waals surface area contributed by atoms with Crippen molar-refractivity contribution in [2.45, 2.75) is 57.3 Å². The average molecular weight is 296 g/mol. The van der Waals surface area contributed by atoms with E-state index in [4.69, 9.17) is 0 Å². The van der Waals surface area contributed by atoms with Crippen LogP contribution in [0.1, 0.15) is 51.5 Å². The van der Waals surface area contributed by atoms with Gasteiger partial charge in [0.15, 0.2) is 9.84 Å². The van der Waals surface area contributed by atoms with E-state index in [0.717, 1.165) is 31.2 Å². The number of Topliss-reactive ketones (excluding diaryl/α,β-unsaturated/α-hetero) is 1. The lowest BCUT2D eigenvalue weighted by Crippen LogP contribution is -2.07. The van der Waals surface area contributed by atoms with Crippen LogP contribution < -0.4 is 0 Å². The maximum Gasteiger partial charge on any atom is 0.178 e. The third kappa shape index (κ3) is 5.87. The van der Waals surface area contributed by atoms with Gasteiger partial charge in [-0.15, -0.1) is 0 Å². The van der Waals surface area contributed by atoms with Crippen molar-refractivity contribution in [2.75, 3.05) is 5.75 Å². The first kappa shape index (κ1) is 16.9. The highest BCUT2D eigenvalue weighted by Gasteiger charge is 2.13. The second-order valence-corrected chi connectivity index (χ2v) is 7.36. The molecule has 0 N–H and O–H groups in total. The van der Waals surface area contributed by atoms with E-state index in [1.807, 2.05) is 0 Å². The minimum Gasteiger partial charge on any atom is -0.300 e. The monoisotopic (exact) mass is 296 g/mol. The van der Waals surface area contributed by atoms with Crippen LogP contribution in [0.5, 0.6) is 0 Å². The van der Waals surface area contributed by atoms with Crippen LogP contribution in [0.15, 0.2) is 29.2 Å². The highest BCUT2D eigenvalue weighted by atomic mass is 32.2. The number of rotatable bonds is 9. The van der Waals surface area contributed by atoms with Crippen molar-refractivity contribution >= 4 is 15.6 Å². The molecule has 0 radical (unpaired) electrons. The van der Waals surface area contributed by atoms with Gasteiger partial charge >= 0.3 is 0 Å². The molecule has 0 fully saturated rings. The molecule has 0 unspecified atom stereocenters. The molecule has 0 aliphatic rings. The Morgan fingerprint density at radius 1 is 1.00 bits per heavy atom. The van der Waals surface area contributed by atoms with Crippen molar-refractivity contribution in [1.29, 1.82) is 0 Å². The maximum atomic E-state index is 12.1. The summed E-state index contributed by atoms with van der Waals surface area (Å²) in [5.41, 5.74) is 0.861. The molecule has 4 heteroatoms. The highest BCUT2D eigenvalue weighted by molar-refractivity contribution is 7.91. The van der Waals surface area contributed by atoms with Gasteiger partial charge in [-0.05, 0) is 31.0 Å². The van der Waals surface area contributed by atoms with Crippen LogP contribution >= 0.6 is 0 Å². The second kappa shape index (κ2) is 8.20. The maximum absolute atomic E-state index is 12.1. The molecular weight excluding hydrogens is 272 g/mol. The number of ketones is 1. The van der Waals surface area contributed by atoms with Crippen molar-refractivity contribution in [1.82, 2.24) is 0 Å². The van der Waals surface area contributed by atoms with Crippen LogP contribution in [0, 0.1) is 0 Å². The van der Waals surface area contributed by atoms with Gasteiger partial charge in [-0.1, -0.05) is 44.7 Å². The average Bonchev–Trinajstić information content (AvgIpc) is 2.38. The summed E-state index contributed by atoms with van der Waals surface area (Å²) >= 11 is 0. The first-order chi connectivity index (χ1) is 9.45. The number of sulfone groups is 1. The number of carbonyl (C=O) groups is 1. The quantitative estimate of drug-likeness (QED) is 0.655. The molecule has 0 aliphatic carbocycles. The third-order valence-electron chi connectivity index (χ3n) is 3.25. The number of unbranched alkanes of at least 4 members (excludes halogenated alkanes) is 4. The fraction of sp³-hybridized carbons (Fsp3) is 0.562. The number of hydrogen-bond donors (Lipinski definition) is 0. The zero-order valence-corrected chi connectivity index (χ0v) is 13.2. The number of carbonyl (C=O) groups excluding carboxylic acids is 1. The summed E-state index contributed by atoms with van der Waals surface area (Å²) in [5.74, 6) is 0.291. The van der Waals surface area contributed by atoms with Gasteiger partial charge < -0.3 is 0 Å². The fourth-order valence-corrected chi connectivity index (χ4v) is 3.49. The predicted molar refractivity (Wildman–Crippen MR) is 81.6 cm³/mol. The summed E-state index contributed by atoms with van der Waals surface area (Å²) in [6, 6.07) is 6.68. The molecule has 112 valence electrons. The molecule has 1 rings (SSSR count). The molecule has 0 saturated heterocycles. The second-order valence-electron chi connectivity index (χ2n) is 5.26. The molecule has 0 heterocycles. The van der Waals surface area contributed by atoms with Gasteiger partial charge in [0.2, 0.25) is 0 Å². The van der Waals surface area contributed by atoms with Gasteiger partial charge in [0.1, 0.15) is 5.78 Å². The van der Waals surface area contributed by atoms with Crippen LogP contribution in [0.3, 0.4) is 0 Å². The Hall–Kier alpha value is -1.16. The summed E-state index contributed by atoms with van der Waals surface area (Å²) in [6.45, 7) is 3.67. The minimum atomic E-state index is -3.18. The van der Waals surface area contributed by atoms with Crippen molar-refractivity contribution in [2.24, 2.45) is 0 Å². The molecule has 0 saturated carbocycles. The largest absolute Gasteiger partial charge is 0.300 e. The van der Waals surface area contributed by atoms with E-state index in [1.165, 1.54) is 13.3 Å². The summed E-state index contributed by atoms with van der Waals surface area (Å²) in [5, 5.41) is 0. The van der Waals surface area contributed by atoms with Gasteiger partial charge in [0.25, 0.3) is 0 Å². The van der Waals surface area contributed by atoms with Gasteiger partial charge in [0, 0.05) is 6.42 Å². The van der Waals surface area contributed by atoms with Crippen molar-refractivity contribution in [3.8, 4) is 0 Å². The molecule has 0 bridgehead atoms. The molecule has 0 amide bonds. The molecule has 3 nitrogen and oxygen atoms in total. The Morgan fingerprint density at radius 2 is 1.60 bits per heavy atom. The molecule has 0 atom stereocenters. The smallest absolute Gasteiger partial charge is 0.178 e. The molecule has 0 aromatic heterocycles. The summed E-state index contributed by atoms with van der Waals surface area (Å²) in [6.07, 6.45) is 5.47. The van der Waals surface area contributed by atoms with Crippen LogP contribution in [0.2, 0.25) is 0 Å². The topological polar surface area (TPSA) is 51.2 Å². The van der Waals surface area contributed by atoms with Crippen molar-refractivity contribution in [3.05, 3.63) is 29.8 Å². The third-order valence-corrected chi connectivity index (χ3v) is 5.07. The predicted octanol–water partition coefficient (Wildman–Crippen LogP) is 3.56. The van der Waals surface area contributed by atoms with E-state index in [-0.39, 0.29) is 11.5 Å². The van der Waals surface area contributed by atoms with Crippen molar-refractivity contribution < 1.29 is 13.2 Å². The first-order valence-electron chi connectivity index (χ1n) is 7.27. The Balaban J connectivity index is 2.56. The number of hydrogen-bond acceptors (Lipinski definition) is 3. The van der Waals surface area contributed by atoms with E-state index in [1.54, 1.807) is 24.3 Å². The molecular formula is C16H24O3S. The van der Waals surface area contributed by atoms with E-state index < -0.39 is 9.84 Å². The SMILES string of the molecule is CCCCCCCS(=O)(=O)c1ccc(CC(C)=O)cc1. The molecule has 1 aromatic carbocycles. The zero-order chi connectivity index (χ0) is 15.0. The van der Waals surface area contributed by atoms with Crippen LogP contribution in [-0.4, -0.2) is 20.0 Å². The van der Waals surface area contributed by atoms with E-state index in [9.17, 15) is 13.2 Å². The number of benzene rings is 1. The molecule has 1 aromatic rings. The lowest BCUT2D eigenvalue weighted by atomic mass is 10.1. The van der Waals surface area contributed by atoms with Gasteiger partial charge in [-0.25, -0.2) is 8.42 Å². The van der Waals surface area contributed by atoms with Crippen LogP contribution in [0.25, 0.3) is 0 Å². The summed E-state index contributed by atoms with van der Waals surface area (Å²) in [4.78, 5) is 11.4. The standard InChI is InChI=1S/C16H24O3S/c1-3-4-5-6-7-12-20(18,19)16-10-8-15(9-11-16)13-14(2)17/h8-11H,3-7,12-13H2,1-2H3. The minimum absolute atomic E-state index is 0.0801. The first-order valence-corrected chi connectivity index (χ1v) is 8.92. The molecule has 0 aliphatic heterocycles. The Bertz CT molecular complexity index is 515. The Kier molecular flexibility index (Phi) is 6.93. The summed E-state index contributed by atoms with van der Waals surface area (Å²) in [7, 11) is -3.18. The van der Waals surface area contributed by atoms with Gasteiger partial charge in [-0.2, -0.15) is 0 Å².